The van der Waals surface area contributed by atoms with Crippen LogP contribution in [0.5, 0.6) is 5.75 Å². The minimum Gasteiger partial charge on any atom is -0.492 e. The highest BCUT2D eigenvalue weighted by Gasteiger charge is 2.15. The molecule has 1 aromatic carbocycles. The van der Waals surface area contributed by atoms with Gasteiger partial charge in [0.1, 0.15) is 11.3 Å². The van der Waals surface area contributed by atoms with Gasteiger partial charge in [-0.2, -0.15) is 0 Å². The van der Waals surface area contributed by atoms with Crippen molar-refractivity contribution in [3.8, 4) is 5.75 Å². The van der Waals surface area contributed by atoms with E-state index < -0.39 is 0 Å². The molecule has 0 heterocycles. The topological polar surface area (TPSA) is 35.5 Å². The molecule has 20 heavy (non-hydrogen) atoms. The van der Waals surface area contributed by atoms with Crippen molar-refractivity contribution in [2.75, 3.05) is 13.7 Å². The van der Waals surface area contributed by atoms with Crippen molar-refractivity contribution >= 4 is 5.97 Å². The van der Waals surface area contributed by atoms with Crippen LogP contribution in [0.15, 0.2) is 18.2 Å². The Bertz CT molecular complexity index is 426. The minimum absolute atomic E-state index is 0.346. The molecule has 0 fully saturated rings. The van der Waals surface area contributed by atoms with Crippen molar-refractivity contribution in [1.82, 2.24) is 0 Å². The second-order valence-electron chi connectivity index (χ2n) is 5.22. The maximum Gasteiger partial charge on any atom is 0.341 e. The molecule has 0 radical (unpaired) electrons. The van der Waals surface area contributed by atoms with Crippen LogP contribution < -0.4 is 4.74 Å². The van der Waals surface area contributed by atoms with E-state index in [-0.39, 0.29) is 5.97 Å². The zero-order chi connectivity index (χ0) is 15.0. The Hall–Kier alpha value is -1.51. The predicted molar refractivity (Wildman–Crippen MR) is 81.3 cm³/mol. The van der Waals surface area contributed by atoms with Crippen molar-refractivity contribution in [2.45, 2.75) is 46.5 Å². The average Bonchev–Trinajstić information content (AvgIpc) is 2.47. The molecule has 0 saturated carbocycles. The Morgan fingerprint density at radius 2 is 2.05 bits per heavy atom. The van der Waals surface area contributed by atoms with Crippen molar-refractivity contribution in [3.05, 3.63) is 29.3 Å². The lowest BCUT2D eigenvalue weighted by Gasteiger charge is -2.17. The first-order valence-corrected chi connectivity index (χ1v) is 7.44. The van der Waals surface area contributed by atoms with Gasteiger partial charge in [-0.3, -0.25) is 0 Å². The second kappa shape index (κ2) is 8.62. The van der Waals surface area contributed by atoms with Gasteiger partial charge in [-0.25, -0.2) is 4.79 Å². The number of hydrogen-bond donors (Lipinski definition) is 0. The number of rotatable bonds is 8. The summed E-state index contributed by atoms with van der Waals surface area (Å²) in [6.07, 6.45) is 4.69. The highest BCUT2D eigenvalue weighted by molar-refractivity contribution is 5.92. The predicted octanol–water partition coefficient (Wildman–Crippen LogP) is 4.38. The first-order valence-electron chi connectivity index (χ1n) is 7.44. The van der Waals surface area contributed by atoms with Gasteiger partial charge in [0.05, 0.1) is 13.7 Å². The van der Waals surface area contributed by atoms with Crippen molar-refractivity contribution in [1.29, 1.82) is 0 Å². The number of ether oxygens (including phenoxy) is 2. The molecule has 0 aliphatic carbocycles. The summed E-state index contributed by atoms with van der Waals surface area (Å²) >= 11 is 0. The third kappa shape index (κ3) is 4.87. The summed E-state index contributed by atoms with van der Waals surface area (Å²) in [7, 11) is 1.39. The standard InChI is InChI=1S/C17H26O3/c1-5-7-8-14(6-2)12-20-16-11-13(3)9-10-15(16)17(18)19-4/h9-11,14H,5-8,12H2,1-4H3/t14-/m1/s1. The van der Waals surface area contributed by atoms with Crippen molar-refractivity contribution < 1.29 is 14.3 Å². The number of aryl methyl sites for hydroxylation is 1. The third-order valence-corrected chi connectivity index (χ3v) is 3.56. The van der Waals surface area contributed by atoms with Crippen LogP contribution in [0.1, 0.15) is 55.5 Å². The van der Waals surface area contributed by atoms with Crippen LogP contribution in [-0.4, -0.2) is 19.7 Å². The molecule has 3 nitrogen and oxygen atoms in total. The van der Waals surface area contributed by atoms with Crippen LogP contribution in [-0.2, 0) is 4.74 Å². The SMILES string of the molecule is CCCC[C@@H](CC)COc1cc(C)ccc1C(=O)OC. The van der Waals surface area contributed by atoms with Gasteiger partial charge in [0.15, 0.2) is 0 Å². The lowest BCUT2D eigenvalue weighted by molar-refractivity contribution is 0.0595. The number of carbonyl (C=O) groups is 1. The molecule has 0 aromatic heterocycles. The monoisotopic (exact) mass is 278 g/mol. The molecule has 1 atom stereocenters. The Balaban J connectivity index is 2.74. The molecule has 0 saturated heterocycles. The summed E-state index contributed by atoms with van der Waals surface area (Å²) in [6, 6.07) is 5.57. The third-order valence-electron chi connectivity index (χ3n) is 3.56. The first-order chi connectivity index (χ1) is 9.62. The molecule has 0 amide bonds. The summed E-state index contributed by atoms with van der Waals surface area (Å²) in [5.41, 5.74) is 1.58. The lowest BCUT2D eigenvalue weighted by atomic mass is 10.0. The summed E-state index contributed by atoms with van der Waals surface area (Å²) in [4.78, 5) is 11.7. The van der Waals surface area contributed by atoms with Gasteiger partial charge in [0.25, 0.3) is 0 Å². The molecule has 3 heteroatoms. The summed E-state index contributed by atoms with van der Waals surface area (Å²) in [6.45, 7) is 7.02. The number of unbranched alkanes of at least 4 members (excludes halogenated alkanes) is 1. The van der Waals surface area contributed by atoms with Crippen LogP contribution in [0.4, 0.5) is 0 Å². The number of benzene rings is 1. The fourth-order valence-electron chi connectivity index (χ4n) is 2.13. The van der Waals surface area contributed by atoms with Gasteiger partial charge in [-0.05, 0) is 37.0 Å². The highest BCUT2D eigenvalue weighted by atomic mass is 16.5. The second-order valence-corrected chi connectivity index (χ2v) is 5.22. The van der Waals surface area contributed by atoms with E-state index in [4.69, 9.17) is 9.47 Å². The number of hydrogen-bond acceptors (Lipinski definition) is 3. The maximum atomic E-state index is 11.7. The molecule has 1 aromatic rings. The van der Waals surface area contributed by atoms with E-state index in [1.54, 1.807) is 6.07 Å². The Kier molecular flexibility index (Phi) is 7.13. The summed E-state index contributed by atoms with van der Waals surface area (Å²) in [5, 5.41) is 0. The maximum absolute atomic E-state index is 11.7. The molecule has 0 unspecified atom stereocenters. The minimum atomic E-state index is -0.346. The van der Waals surface area contributed by atoms with E-state index in [1.807, 2.05) is 19.1 Å². The van der Waals surface area contributed by atoms with E-state index >= 15 is 0 Å². The van der Waals surface area contributed by atoms with Gasteiger partial charge in [-0.15, -0.1) is 0 Å². The van der Waals surface area contributed by atoms with E-state index in [0.29, 0.717) is 23.8 Å². The quantitative estimate of drug-likeness (QED) is 0.662. The van der Waals surface area contributed by atoms with Gasteiger partial charge in [0, 0.05) is 0 Å². The molecular formula is C17H26O3. The largest absolute Gasteiger partial charge is 0.492 e. The van der Waals surface area contributed by atoms with E-state index in [9.17, 15) is 4.79 Å². The smallest absolute Gasteiger partial charge is 0.341 e. The van der Waals surface area contributed by atoms with Crippen LogP contribution in [0.25, 0.3) is 0 Å². The average molecular weight is 278 g/mol. The number of esters is 1. The van der Waals surface area contributed by atoms with Gasteiger partial charge in [-0.1, -0.05) is 39.2 Å². The van der Waals surface area contributed by atoms with Crippen molar-refractivity contribution in [3.63, 3.8) is 0 Å². The summed E-state index contributed by atoms with van der Waals surface area (Å²) in [5.74, 6) is 0.828. The molecule has 0 aliphatic heterocycles. The molecule has 0 N–H and O–H groups in total. The number of methoxy groups -OCH3 is 1. The summed E-state index contributed by atoms with van der Waals surface area (Å²) < 4.78 is 10.7. The molecule has 0 aliphatic rings. The normalized spacial score (nSPS) is 12.0. The van der Waals surface area contributed by atoms with Crippen LogP contribution in [0, 0.1) is 12.8 Å². The molecular weight excluding hydrogens is 252 g/mol. The first kappa shape index (κ1) is 16.5. The highest BCUT2D eigenvalue weighted by Crippen LogP contribution is 2.23. The fourth-order valence-corrected chi connectivity index (χ4v) is 2.13. The molecule has 0 bridgehead atoms. The fraction of sp³-hybridized carbons (Fsp3) is 0.588. The van der Waals surface area contributed by atoms with Crippen LogP contribution in [0.2, 0.25) is 0 Å². The number of carbonyl (C=O) groups excluding carboxylic acids is 1. The van der Waals surface area contributed by atoms with E-state index in [0.717, 1.165) is 12.0 Å². The van der Waals surface area contributed by atoms with Crippen LogP contribution in [0.3, 0.4) is 0 Å². The Morgan fingerprint density at radius 3 is 2.65 bits per heavy atom. The zero-order valence-electron chi connectivity index (χ0n) is 13.1. The van der Waals surface area contributed by atoms with Crippen LogP contribution >= 0.6 is 0 Å². The molecule has 112 valence electrons. The molecule has 1 rings (SSSR count). The zero-order valence-corrected chi connectivity index (χ0v) is 13.1. The van der Waals surface area contributed by atoms with E-state index in [1.165, 1.54) is 26.4 Å². The molecule has 0 spiro atoms. The van der Waals surface area contributed by atoms with Gasteiger partial charge < -0.3 is 9.47 Å². The van der Waals surface area contributed by atoms with Gasteiger partial charge in [0.2, 0.25) is 0 Å². The Morgan fingerprint density at radius 1 is 1.30 bits per heavy atom. The Labute approximate surface area is 122 Å². The lowest BCUT2D eigenvalue weighted by Crippen LogP contribution is -2.13. The van der Waals surface area contributed by atoms with Crippen molar-refractivity contribution in [2.24, 2.45) is 5.92 Å². The van der Waals surface area contributed by atoms with E-state index in [2.05, 4.69) is 13.8 Å². The van der Waals surface area contributed by atoms with Gasteiger partial charge >= 0.3 is 5.97 Å².